The van der Waals surface area contributed by atoms with Gasteiger partial charge in [0.15, 0.2) is 5.84 Å². The smallest absolute Gasteiger partial charge is 0.409 e. The summed E-state index contributed by atoms with van der Waals surface area (Å²) in [5, 5.41) is 13.8. The summed E-state index contributed by atoms with van der Waals surface area (Å²) in [7, 11) is 0. The lowest BCUT2D eigenvalue weighted by atomic mass is 10.0. The molecular weight excluding hydrogens is 355 g/mol. The monoisotopic (exact) mass is 365 g/mol. The summed E-state index contributed by atoms with van der Waals surface area (Å²) < 4.78 is 38.2. The molecule has 0 aliphatic heterocycles. The van der Waals surface area contributed by atoms with Crippen LogP contribution in [0.4, 0.5) is 18.9 Å². The van der Waals surface area contributed by atoms with Crippen LogP contribution in [-0.4, -0.2) is 17.0 Å². The number of benzene rings is 1. The number of rotatable bonds is 3. The Morgan fingerprint density at radius 1 is 1.43 bits per heavy atom. The van der Waals surface area contributed by atoms with Crippen LogP contribution in [0.25, 0.3) is 0 Å². The number of oxime groups is 1. The van der Waals surface area contributed by atoms with Crippen LogP contribution < -0.4 is 11.1 Å². The van der Waals surface area contributed by atoms with Crippen molar-refractivity contribution in [2.45, 2.75) is 19.0 Å². The second-order valence-electron chi connectivity index (χ2n) is 4.71. The Kier molecular flexibility index (Phi) is 3.87. The van der Waals surface area contributed by atoms with Crippen LogP contribution in [0.1, 0.15) is 18.4 Å². The van der Waals surface area contributed by atoms with Crippen LogP contribution in [0.2, 0.25) is 0 Å². The highest BCUT2D eigenvalue weighted by molar-refractivity contribution is 9.10. The third kappa shape index (κ3) is 2.97. The van der Waals surface area contributed by atoms with E-state index in [9.17, 15) is 18.0 Å². The molecule has 0 aromatic heterocycles. The van der Waals surface area contributed by atoms with Gasteiger partial charge in [-0.25, -0.2) is 0 Å². The van der Waals surface area contributed by atoms with Crippen molar-refractivity contribution in [1.29, 1.82) is 0 Å². The third-order valence-corrected chi connectivity index (χ3v) is 4.00. The first-order valence-corrected chi connectivity index (χ1v) is 6.66. The van der Waals surface area contributed by atoms with Gasteiger partial charge in [-0.3, -0.25) is 4.79 Å². The van der Waals surface area contributed by atoms with E-state index < -0.39 is 23.1 Å². The van der Waals surface area contributed by atoms with Gasteiger partial charge in [-0.05, 0) is 31.0 Å². The van der Waals surface area contributed by atoms with E-state index in [1.54, 1.807) is 0 Å². The lowest BCUT2D eigenvalue weighted by molar-refractivity contribution is -0.138. The zero-order chi connectivity index (χ0) is 15.8. The number of carbonyl (C=O) groups excluding carboxylic acids is 1. The van der Waals surface area contributed by atoms with Gasteiger partial charge in [0, 0.05) is 10.2 Å². The minimum Gasteiger partial charge on any atom is -0.409 e. The van der Waals surface area contributed by atoms with Gasteiger partial charge in [0.1, 0.15) is 5.41 Å². The van der Waals surface area contributed by atoms with Gasteiger partial charge >= 0.3 is 6.18 Å². The second-order valence-corrected chi connectivity index (χ2v) is 5.57. The Hall–Kier alpha value is -1.77. The summed E-state index contributed by atoms with van der Waals surface area (Å²) in [5.41, 5.74) is 3.42. The van der Waals surface area contributed by atoms with E-state index in [4.69, 9.17) is 10.9 Å². The zero-order valence-corrected chi connectivity index (χ0v) is 12.1. The van der Waals surface area contributed by atoms with Crippen molar-refractivity contribution in [2.75, 3.05) is 5.32 Å². The molecule has 0 saturated heterocycles. The molecule has 4 N–H and O–H groups in total. The highest BCUT2D eigenvalue weighted by Gasteiger charge is 2.54. The van der Waals surface area contributed by atoms with Gasteiger partial charge in [0.25, 0.3) is 0 Å². The van der Waals surface area contributed by atoms with Gasteiger partial charge < -0.3 is 16.3 Å². The van der Waals surface area contributed by atoms with Crippen molar-refractivity contribution >= 4 is 33.4 Å². The number of anilines is 1. The maximum Gasteiger partial charge on any atom is 0.417 e. The number of amides is 1. The topological polar surface area (TPSA) is 87.7 Å². The lowest BCUT2D eigenvalue weighted by Gasteiger charge is -2.15. The average molecular weight is 366 g/mol. The molecule has 9 heteroatoms. The number of hydrogen-bond donors (Lipinski definition) is 3. The van der Waals surface area contributed by atoms with E-state index in [1.165, 1.54) is 12.1 Å². The van der Waals surface area contributed by atoms with Gasteiger partial charge in [0.2, 0.25) is 5.91 Å². The van der Waals surface area contributed by atoms with Gasteiger partial charge in [0.05, 0.1) is 5.56 Å². The van der Waals surface area contributed by atoms with Crippen LogP contribution in [0.3, 0.4) is 0 Å². The molecule has 1 amide bonds. The number of carbonyl (C=O) groups is 1. The Morgan fingerprint density at radius 2 is 2.05 bits per heavy atom. The van der Waals surface area contributed by atoms with Crippen molar-refractivity contribution in [1.82, 2.24) is 0 Å². The molecule has 1 aromatic rings. The fourth-order valence-corrected chi connectivity index (χ4v) is 2.36. The summed E-state index contributed by atoms with van der Waals surface area (Å²) >= 11 is 2.81. The average Bonchev–Trinajstić information content (AvgIpc) is 3.20. The molecule has 0 bridgehead atoms. The van der Waals surface area contributed by atoms with Crippen molar-refractivity contribution in [3.8, 4) is 0 Å². The summed E-state index contributed by atoms with van der Waals surface area (Å²) in [6.45, 7) is 0. The maximum absolute atomic E-state index is 12.8. The lowest BCUT2D eigenvalue weighted by Crippen LogP contribution is -2.36. The Balaban J connectivity index is 2.24. The molecule has 0 radical (unpaired) electrons. The van der Waals surface area contributed by atoms with E-state index >= 15 is 0 Å². The second kappa shape index (κ2) is 5.21. The van der Waals surface area contributed by atoms with Crippen molar-refractivity contribution in [2.24, 2.45) is 16.3 Å². The quantitative estimate of drug-likeness (QED) is 0.333. The predicted molar refractivity (Wildman–Crippen MR) is 72.8 cm³/mol. The van der Waals surface area contributed by atoms with Gasteiger partial charge in [-0.1, -0.05) is 21.1 Å². The third-order valence-electron chi connectivity index (χ3n) is 3.31. The molecule has 1 aromatic carbocycles. The van der Waals surface area contributed by atoms with E-state index in [-0.39, 0.29) is 16.0 Å². The first-order chi connectivity index (χ1) is 9.70. The van der Waals surface area contributed by atoms with Gasteiger partial charge in [-0.2, -0.15) is 13.2 Å². The molecule has 0 unspecified atom stereocenters. The molecule has 0 atom stereocenters. The number of hydrogen-bond acceptors (Lipinski definition) is 3. The van der Waals surface area contributed by atoms with E-state index in [1.807, 2.05) is 0 Å². The van der Waals surface area contributed by atoms with Crippen molar-refractivity contribution < 1.29 is 23.2 Å². The molecule has 0 heterocycles. The Bertz CT molecular complexity index is 612. The fourth-order valence-electron chi connectivity index (χ4n) is 1.89. The molecule has 1 saturated carbocycles. The minimum atomic E-state index is -4.54. The Labute approximate surface area is 126 Å². The summed E-state index contributed by atoms with van der Waals surface area (Å²) in [6, 6.07) is 3.35. The molecule has 114 valence electrons. The number of halogens is 4. The van der Waals surface area contributed by atoms with E-state index in [0.29, 0.717) is 12.8 Å². The number of nitrogens with zero attached hydrogens (tertiary/aromatic N) is 1. The zero-order valence-electron chi connectivity index (χ0n) is 10.5. The molecule has 5 nitrogen and oxygen atoms in total. The normalized spacial score (nSPS) is 17.4. The summed E-state index contributed by atoms with van der Waals surface area (Å²) in [6.07, 6.45) is -3.77. The standard InChI is InChI=1S/C12H11BrF3N3O2/c13-8-2-1-6(5-7(8)12(14,15)16)18-10(20)11(3-4-11)9(17)19-21/h1-2,5,21H,3-4H2,(H2,17,19)(H,18,20). The van der Waals surface area contributed by atoms with Crippen molar-refractivity contribution in [3.05, 3.63) is 28.2 Å². The van der Waals surface area contributed by atoms with E-state index in [2.05, 4.69) is 26.4 Å². The van der Waals surface area contributed by atoms with Gasteiger partial charge in [-0.15, -0.1) is 0 Å². The van der Waals surface area contributed by atoms with Crippen LogP contribution in [0.5, 0.6) is 0 Å². The van der Waals surface area contributed by atoms with E-state index in [0.717, 1.165) is 6.07 Å². The molecule has 2 rings (SSSR count). The largest absolute Gasteiger partial charge is 0.417 e. The molecule has 1 aliphatic rings. The van der Waals surface area contributed by atoms with Crippen LogP contribution >= 0.6 is 15.9 Å². The van der Waals surface area contributed by atoms with Crippen molar-refractivity contribution in [3.63, 3.8) is 0 Å². The highest BCUT2D eigenvalue weighted by Crippen LogP contribution is 2.47. The molecule has 1 aliphatic carbocycles. The molecule has 0 spiro atoms. The first-order valence-electron chi connectivity index (χ1n) is 5.87. The minimum absolute atomic E-state index is 0.00691. The predicted octanol–water partition coefficient (Wildman–Crippen LogP) is 2.93. The van der Waals surface area contributed by atoms with Crippen LogP contribution in [-0.2, 0) is 11.0 Å². The molecule has 1 fully saturated rings. The van der Waals surface area contributed by atoms with Crippen LogP contribution in [0, 0.1) is 5.41 Å². The summed E-state index contributed by atoms with van der Waals surface area (Å²) in [4.78, 5) is 12.1. The first kappa shape index (κ1) is 15.6. The Morgan fingerprint density at radius 3 is 2.52 bits per heavy atom. The number of nitrogens with two attached hydrogens (primary N) is 1. The molecular formula is C12H11BrF3N3O2. The maximum atomic E-state index is 12.8. The number of nitrogens with one attached hydrogen (secondary N) is 1. The fraction of sp³-hybridized carbons (Fsp3) is 0.333. The van der Waals surface area contributed by atoms with Crippen LogP contribution in [0.15, 0.2) is 27.8 Å². The SMILES string of the molecule is N/C(=N/O)C1(C(=O)Nc2ccc(Br)c(C(F)(F)F)c2)CC1. The molecule has 21 heavy (non-hydrogen) atoms. The summed E-state index contributed by atoms with van der Waals surface area (Å²) in [5.74, 6) is -0.832. The highest BCUT2D eigenvalue weighted by atomic mass is 79.9. The number of alkyl halides is 3. The number of amidine groups is 1.